The van der Waals surface area contributed by atoms with Crippen molar-refractivity contribution < 1.29 is 9.53 Å². The number of amides is 1. The number of methoxy groups -OCH3 is 1. The maximum Gasteiger partial charge on any atom is 0.222 e. The number of ether oxygens (including phenoxy) is 1. The molecule has 0 unspecified atom stereocenters. The molecule has 2 atom stereocenters. The molecule has 0 aliphatic carbocycles. The molecule has 1 aromatic heterocycles. The van der Waals surface area contributed by atoms with Gasteiger partial charge in [-0.15, -0.1) is 11.3 Å². The monoisotopic (exact) mass is 358 g/mol. The van der Waals surface area contributed by atoms with Gasteiger partial charge in [0.2, 0.25) is 5.91 Å². The van der Waals surface area contributed by atoms with Crippen molar-refractivity contribution in [3.05, 3.63) is 35.2 Å². The first-order chi connectivity index (χ1) is 12.2. The summed E-state index contributed by atoms with van der Waals surface area (Å²) in [6.45, 7) is 4.60. The van der Waals surface area contributed by atoms with E-state index < -0.39 is 0 Å². The minimum Gasteiger partial charge on any atom is -0.383 e. The summed E-state index contributed by atoms with van der Waals surface area (Å²) in [5.41, 5.74) is 0. The molecule has 1 aromatic carbocycles. The highest BCUT2D eigenvalue weighted by atomic mass is 32.1. The number of likely N-dealkylation sites (tertiary alicyclic amines) is 2. The zero-order valence-electron chi connectivity index (χ0n) is 14.8. The van der Waals surface area contributed by atoms with Gasteiger partial charge in [-0.25, -0.2) is 0 Å². The third-order valence-corrected chi connectivity index (χ3v) is 6.72. The van der Waals surface area contributed by atoms with E-state index >= 15 is 0 Å². The van der Waals surface area contributed by atoms with Crippen molar-refractivity contribution >= 4 is 27.3 Å². The van der Waals surface area contributed by atoms with E-state index in [1.807, 2.05) is 11.3 Å². The van der Waals surface area contributed by atoms with Crippen LogP contribution in [0.25, 0.3) is 10.1 Å². The first-order valence-corrected chi connectivity index (χ1v) is 10.0. The Kier molecular flexibility index (Phi) is 5.06. The number of benzene rings is 1. The minimum absolute atomic E-state index is 0.316. The quantitative estimate of drug-likeness (QED) is 0.822. The maximum atomic E-state index is 12.3. The molecule has 5 heteroatoms. The SMILES string of the molecule is COCCN1C(=O)CC[C@@H]2CN(Cc3cc4ccccc4s3)CC[C@@H]21. The molecule has 2 aliphatic rings. The number of hydrogen-bond acceptors (Lipinski definition) is 4. The second-order valence-corrected chi connectivity index (χ2v) is 8.39. The van der Waals surface area contributed by atoms with Crippen LogP contribution in [0.3, 0.4) is 0 Å². The van der Waals surface area contributed by atoms with Gasteiger partial charge < -0.3 is 9.64 Å². The average Bonchev–Trinajstić information content (AvgIpc) is 3.03. The highest BCUT2D eigenvalue weighted by molar-refractivity contribution is 7.19. The summed E-state index contributed by atoms with van der Waals surface area (Å²) in [5.74, 6) is 0.925. The summed E-state index contributed by atoms with van der Waals surface area (Å²) in [7, 11) is 1.71. The van der Waals surface area contributed by atoms with Crippen molar-refractivity contribution in [2.45, 2.75) is 31.8 Å². The summed E-state index contributed by atoms with van der Waals surface area (Å²) < 4.78 is 6.57. The summed E-state index contributed by atoms with van der Waals surface area (Å²) in [6.07, 6.45) is 2.82. The Hall–Kier alpha value is -1.43. The van der Waals surface area contributed by atoms with Crippen molar-refractivity contribution in [2.24, 2.45) is 5.92 Å². The molecular formula is C20H26N2O2S. The number of fused-ring (bicyclic) bond motifs is 2. The Balaban J connectivity index is 1.41. The topological polar surface area (TPSA) is 32.8 Å². The molecule has 3 heterocycles. The molecule has 1 amide bonds. The summed E-state index contributed by atoms with van der Waals surface area (Å²) >= 11 is 1.91. The lowest BCUT2D eigenvalue weighted by atomic mass is 9.83. The van der Waals surface area contributed by atoms with E-state index in [4.69, 9.17) is 4.74 Å². The molecule has 2 aliphatic heterocycles. The number of piperidine rings is 2. The molecule has 0 radical (unpaired) electrons. The van der Waals surface area contributed by atoms with E-state index in [1.165, 1.54) is 15.0 Å². The van der Waals surface area contributed by atoms with E-state index in [0.29, 0.717) is 30.9 Å². The molecule has 0 bridgehead atoms. The summed E-state index contributed by atoms with van der Waals surface area (Å²) in [4.78, 5) is 18.4. The summed E-state index contributed by atoms with van der Waals surface area (Å²) in [6, 6.07) is 11.4. The van der Waals surface area contributed by atoms with Gasteiger partial charge in [0.1, 0.15) is 0 Å². The van der Waals surface area contributed by atoms with Gasteiger partial charge in [-0.05, 0) is 36.3 Å². The molecule has 0 spiro atoms. The number of hydrogen-bond donors (Lipinski definition) is 0. The van der Waals surface area contributed by atoms with Gasteiger partial charge in [0, 0.05) is 55.3 Å². The second-order valence-electron chi connectivity index (χ2n) is 7.22. The summed E-state index contributed by atoms with van der Waals surface area (Å²) in [5, 5.41) is 1.35. The zero-order chi connectivity index (χ0) is 17.2. The van der Waals surface area contributed by atoms with Crippen LogP contribution in [0.15, 0.2) is 30.3 Å². The normalized spacial score (nSPS) is 24.7. The van der Waals surface area contributed by atoms with E-state index in [9.17, 15) is 4.79 Å². The van der Waals surface area contributed by atoms with Gasteiger partial charge in [-0.3, -0.25) is 9.69 Å². The largest absolute Gasteiger partial charge is 0.383 e. The Morgan fingerprint density at radius 2 is 2.16 bits per heavy atom. The number of thiophene rings is 1. The fraction of sp³-hybridized carbons (Fsp3) is 0.550. The fourth-order valence-corrected chi connectivity index (χ4v) is 5.49. The molecule has 2 saturated heterocycles. The Bertz CT molecular complexity index is 711. The van der Waals surface area contributed by atoms with Crippen LogP contribution >= 0.6 is 11.3 Å². The molecule has 25 heavy (non-hydrogen) atoms. The molecule has 0 N–H and O–H groups in total. The van der Waals surface area contributed by atoms with Crippen LogP contribution in [-0.2, 0) is 16.1 Å². The molecule has 134 valence electrons. The molecular weight excluding hydrogens is 332 g/mol. The lowest BCUT2D eigenvalue weighted by Gasteiger charge is -2.47. The molecule has 4 rings (SSSR count). The highest BCUT2D eigenvalue weighted by Gasteiger charge is 2.38. The van der Waals surface area contributed by atoms with Gasteiger partial charge >= 0.3 is 0 Å². The van der Waals surface area contributed by atoms with Crippen molar-refractivity contribution in [2.75, 3.05) is 33.4 Å². The molecule has 2 aromatic rings. The number of carbonyl (C=O) groups is 1. The fourth-order valence-electron chi connectivity index (χ4n) is 4.39. The smallest absolute Gasteiger partial charge is 0.222 e. The van der Waals surface area contributed by atoms with Crippen LogP contribution in [0, 0.1) is 5.92 Å². The van der Waals surface area contributed by atoms with Crippen molar-refractivity contribution in [3.63, 3.8) is 0 Å². The molecule has 4 nitrogen and oxygen atoms in total. The van der Waals surface area contributed by atoms with E-state index in [2.05, 4.69) is 40.1 Å². The number of nitrogens with zero attached hydrogens (tertiary/aromatic N) is 2. The Morgan fingerprint density at radius 3 is 3.00 bits per heavy atom. The van der Waals surface area contributed by atoms with Crippen LogP contribution < -0.4 is 0 Å². The minimum atomic E-state index is 0.316. The zero-order valence-corrected chi connectivity index (χ0v) is 15.6. The van der Waals surface area contributed by atoms with Gasteiger partial charge in [0.15, 0.2) is 0 Å². The third-order valence-electron chi connectivity index (χ3n) is 5.62. The predicted molar refractivity (Wildman–Crippen MR) is 102 cm³/mol. The van der Waals surface area contributed by atoms with E-state index in [0.717, 1.165) is 39.0 Å². The second kappa shape index (κ2) is 7.44. The van der Waals surface area contributed by atoms with Gasteiger partial charge in [-0.1, -0.05) is 18.2 Å². The van der Waals surface area contributed by atoms with Crippen molar-refractivity contribution in [1.82, 2.24) is 9.80 Å². The van der Waals surface area contributed by atoms with Crippen LogP contribution in [0.4, 0.5) is 0 Å². The van der Waals surface area contributed by atoms with Crippen LogP contribution in [0.1, 0.15) is 24.1 Å². The van der Waals surface area contributed by atoms with Crippen molar-refractivity contribution in [3.8, 4) is 0 Å². The van der Waals surface area contributed by atoms with Gasteiger partial charge in [0.25, 0.3) is 0 Å². The first kappa shape index (κ1) is 17.0. The standard InChI is InChI=1S/C20H26N2O2S/c1-24-11-10-22-18-8-9-21(13-16(18)6-7-20(22)23)14-17-12-15-4-2-3-5-19(15)25-17/h2-5,12,16,18H,6-11,13-14H2,1H3/t16-,18+/m1/s1. The predicted octanol–water partition coefficient (Wildman–Crippen LogP) is 3.36. The molecule has 0 saturated carbocycles. The molecule has 2 fully saturated rings. The lowest BCUT2D eigenvalue weighted by molar-refractivity contribution is -0.142. The Morgan fingerprint density at radius 1 is 1.28 bits per heavy atom. The van der Waals surface area contributed by atoms with Crippen molar-refractivity contribution in [1.29, 1.82) is 0 Å². The lowest BCUT2D eigenvalue weighted by Crippen LogP contribution is -2.56. The van der Waals surface area contributed by atoms with E-state index in [-0.39, 0.29) is 0 Å². The average molecular weight is 359 g/mol. The van der Waals surface area contributed by atoms with Crippen LogP contribution in [-0.4, -0.2) is 55.1 Å². The van der Waals surface area contributed by atoms with Gasteiger partial charge in [0.05, 0.1) is 6.61 Å². The number of rotatable bonds is 5. The highest BCUT2D eigenvalue weighted by Crippen LogP contribution is 2.33. The first-order valence-electron chi connectivity index (χ1n) is 9.23. The van der Waals surface area contributed by atoms with Gasteiger partial charge in [-0.2, -0.15) is 0 Å². The maximum absolute atomic E-state index is 12.3. The van der Waals surface area contributed by atoms with E-state index in [1.54, 1.807) is 7.11 Å². The Labute approximate surface area is 153 Å². The third kappa shape index (κ3) is 3.59. The van der Waals surface area contributed by atoms with Crippen LogP contribution in [0.5, 0.6) is 0 Å². The number of carbonyl (C=O) groups excluding carboxylic acids is 1. The van der Waals surface area contributed by atoms with Crippen LogP contribution in [0.2, 0.25) is 0 Å².